The topological polar surface area (TPSA) is 35.5 Å². The number of aryl methyl sites for hydroxylation is 2. The highest BCUT2D eigenvalue weighted by molar-refractivity contribution is 5.89. The minimum Gasteiger partial charge on any atom is -0.459 e. The third kappa shape index (κ3) is 3.80. The Kier molecular flexibility index (Phi) is 4.77. The van der Waals surface area contributed by atoms with Gasteiger partial charge in [0.1, 0.15) is 6.61 Å². The molecule has 0 N–H and O–H groups in total. The van der Waals surface area contributed by atoms with Crippen LogP contribution >= 0.6 is 0 Å². The van der Waals surface area contributed by atoms with Crippen LogP contribution in [-0.4, -0.2) is 18.7 Å². The summed E-state index contributed by atoms with van der Waals surface area (Å²) in [5.74, 6) is -0.299. The van der Waals surface area contributed by atoms with Crippen molar-refractivity contribution >= 4 is 5.97 Å². The van der Waals surface area contributed by atoms with E-state index in [1.165, 1.54) is 11.1 Å². The van der Waals surface area contributed by atoms with E-state index in [1.807, 2.05) is 32.0 Å². The fourth-order valence-electron chi connectivity index (χ4n) is 2.95. The Balaban J connectivity index is 1.51. The van der Waals surface area contributed by atoms with E-state index in [0.29, 0.717) is 5.56 Å². The lowest BCUT2D eigenvalue weighted by Crippen LogP contribution is -2.21. The zero-order valence-corrected chi connectivity index (χ0v) is 13.6. The zero-order chi connectivity index (χ0) is 16.2. The summed E-state index contributed by atoms with van der Waals surface area (Å²) in [6.07, 6.45) is 2.03. The first-order valence-corrected chi connectivity index (χ1v) is 8.10. The Morgan fingerprint density at radius 1 is 1.17 bits per heavy atom. The van der Waals surface area contributed by atoms with Crippen LogP contribution in [0.2, 0.25) is 0 Å². The molecule has 2 aromatic rings. The lowest BCUT2D eigenvalue weighted by molar-refractivity contribution is -0.0390. The monoisotopic (exact) mass is 310 g/mol. The van der Waals surface area contributed by atoms with Crippen LogP contribution < -0.4 is 0 Å². The minimum atomic E-state index is -0.299. The molecular formula is C20H22O3. The van der Waals surface area contributed by atoms with Crippen molar-refractivity contribution in [1.29, 1.82) is 0 Å². The highest BCUT2D eigenvalue weighted by Gasteiger charge is 2.24. The summed E-state index contributed by atoms with van der Waals surface area (Å²) in [6, 6.07) is 15.8. The standard InChI is InChI=1S/C20H22O3/c1-14-7-9-17(10-8-14)20(21)22-13-15(2)23-19-12-11-16-5-3-4-6-18(16)19/h3-10,15,19H,11-13H2,1-2H3. The van der Waals surface area contributed by atoms with Crippen molar-refractivity contribution in [2.24, 2.45) is 0 Å². The van der Waals surface area contributed by atoms with E-state index < -0.39 is 0 Å². The Morgan fingerprint density at radius 2 is 1.91 bits per heavy atom. The summed E-state index contributed by atoms with van der Waals surface area (Å²) in [4.78, 5) is 12.0. The molecule has 1 aliphatic rings. The maximum atomic E-state index is 12.0. The second kappa shape index (κ2) is 6.97. The van der Waals surface area contributed by atoms with Gasteiger partial charge in [-0.2, -0.15) is 0 Å². The molecule has 1 aliphatic carbocycles. The lowest BCUT2D eigenvalue weighted by atomic mass is 10.1. The number of hydrogen-bond donors (Lipinski definition) is 0. The van der Waals surface area contributed by atoms with E-state index in [2.05, 4.69) is 18.2 Å². The molecule has 2 atom stereocenters. The van der Waals surface area contributed by atoms with Gasteiger partial charge >= 0.3 is 5.97 Å². The van der Waals surface area contributed by atoms with Gasteiger partial charge in [0, 0.05) is 0 Å². The Hall–Kier alpha value is -2.13. The number of benzene rings is 2. The second-order valence-electron chi connectivity index (χ2n) is 6.14. The maximum Gasteiger partial charge on any atom is 0.338 e. The number of rotatable bonds is 5. The van der Waals surface area contributed by atoms with Crippen molar-refractivity contribution in [3.63, 3.8) is 0 Å². The van der Waals surface area contributed by atoms with Gasteiger partial charge in [-0.1, -0.05) is 42.0 Å². The zero-order valence-electron chi connectivity index (χ0n) is 13.6. The molecule has 2 aromatic carbocycles. The van der Waals surface area contributed by atoms with Crippen LogP contribution in [0.3, 0.4) is 0 Å². The predicted octanol–water partition coefficient (Wildman–Crippen LogP) is 4.24. The molecule has 3 rings (SSSR count). The Morgan fingerprint density at radius 3 is 2.70 bits per heavy atom. The van der Waals surface area contributed by atoms with Crippen LogP contribution in [0, 0.1) is 6.92 Å². The number of carbonyl (C=O) groups is 1. The second-order valence-corrected chi connectivity index (χ2v) is 6.14. The predicted molar refractivity (Wildman–Crippen MR) is 89.5 cm³/mol. The van der Waals surface area contributed by atoms with E-state index in [4.69, 9.17) is 9.47 Å². The number of fused-ring (bicyclic) bond motifs is 1. The van der Waals surface area contributed by atoms with Gasteiger partial charge in [-0.15, -0.1) is 0 Å². The average Bonchev–Trinajstić information content (AvgIpc) is 2.96. The largest absolute Gasteiger partial charge is 0.459 e. The SMILES string of the molecule is Cc1ccc(C(=O)OCC(C)OC2CCc3ccccc32)cc1. The van der Waals surface area contributed by atoms with E-state index >= 15 is 0 Å². The van der Waals surface area contributed by atoms with Crippen molar-refractivity contribution in [2.75, 3.05) is 6.61 Å². The van der Waals surface area contributed by atoms with Gasteiger partial charge in [-0.3, -0.25) is 0 Å². The molecule has 3 nitrogen and oxygen atoms in total. The summed E-state index contributed by atoms with van der Waals surface area (Å²) in [5.41, 5.74) is 4.33. The maximum absolute atomic E-state index is 12.0. The Bertz CT molecular complexity index is 676. The van der Waals surface area contributed by atoms with Gasteiger partial charge in [0.15, 0.2) is 0 Å². The summed E-state index contributed by atoms with van der Waals surface area (Å²) >= 11 is 0. The normalized spacial score (nSPS) is 17.6. The number of ether oxygens (including phenoxy) is 2. The lowest BCUT2D eigenvalue weighted by Gasteiger charge is -2.19. The molecule has 0 aromatic heterocycles. The van der Waals surface area contributed by atoms with E-state index in [-0.39, 0.29) is 24.8 Å². The molecule has 0 saturated carbocycles. The van der Waals surface area contributed by atoms with Crippen LogP contribution in [0.25, 0.3) is 0 Å². The molecule has 23 heavy (non-hydrogen) atoms. The molecule has 2 unspecified atom stereocenters. The molecule has 3 heteroatoms. The highest BCUT2D eigenvalue weighted by Crippen LogP contribution is 2.34. The van der Waals surface area contributed by atoms with Gasteiger partial charge < -0.3 is 9.47 Å². The fourth-order valence-corrected chi connectivity index (χ4v) is 2.95. The van der Waals surface area contributed by atoms with Gasteiger partial charge in [0.2, 0.25) is 0 Å². The molecule has 0 saturated heterocycles. The van der Waals surface area contributed by atoms with Crippen molar-refractivity contribution in [1.82, 2.24) is 0 Å². The quantitative estimate of drug-likeness (QED) is 0.775. The third-order valence-electron chi connectivity index (χ3n) is 4.21. The molecule has 0 radical (unpaired) electrons. The highest BCUT2D eigenvalue weighted by atomic mass is 16.6. The molecule has 0 fully saturated rings. The van der Waals surface area contributed by atoms with Gasteiger partial charge in [0.25, 0.3) is 0 Å². The number of carbonyl (C=O) groups excluding carboxylic acids is 1. The first-order chi connectivity index (χ1) is 11.1. The minimum absolute atomic E-state index is 0.110. The number of esters is 1. The van der Waals surface area contributed by atoms with Crippen molar-refractivity contribution in [2.45, 2.75) is 38.9 Å². The summed E-state index contributed by atoms with van der Waals surface area (Å²) in [5, 5.41) is 0. The van der Waals surface area contributed by atoms with E-state index in [0.717, 1.165) is 18.4 Å². The van der Waals surface area contributed by atoms with Crippen molar-refractivity contribution in [3.05, 3.63) is 70.8 Å². The van der Waals surface area contributed by atoms with Crippen LogP contribution in [0.15, 0.2) is 48.5 Å². The van der Waals surface area contributed by atoms with Crippen LogP contribution in [-0.2, 0) is 15.9 Å². The molecule has 0 amide bonds. The molecule has 0 aliphatic heterocycles. The van der Waals surface area contributed by atoms with E-state index in [1.54, 1.807) is 12.1 Å². The summed E-state index contributed by atoms with van der Waals surface area (Å²) < 4.78 is 11.4. The van der Waals surface area contributed by atoms with Crippen LogP contribution in [0.1, 0.15) is 46.5 Å². The smallest absolute Gasteiger partial charge is 0.338 e. The summed E-state index contributed by atoms with van der Waals surface area (Å²) in [6.45, 7) is 4.21. The molecule has 0 bridgehead atoms. The van der Waals surface area contributed by atoms with Gasteiger partial charge in [-0.25, -0.2) is 4.79 Å². The van der Waals surface area contributed by atoms with E-state index in [9.17, 15) is 4.79 Å². The molecule has 0 spiro atoms. The first kappa shape index (κ1) is 15.8. The molecule has 120 valence electrons. The van der Waals surface area contributed by atoms with Crippen molar-refractivity contribution in [3.8, 4) is 0 Å². The van der Waals surface area contributed by atoms with Gasteiger partial charge in [-0.05, 0) is 49.9 Å². The Labute approximate surface area is 137 Å². The fraction of sp³-hybridized carbons (Fsp3) is 0.350. The number of hydrogen-bond acceptors (Lipinski definition) is 3. The summed E-state index contributed by atoms with van der Waals surface area (Å²) in [7, 11) is 0. The first-order valence-electron chi connectivity index (χ1n) is 8.10. The molecular weight excluding hydrogens is 288 g/mol. The average molecular weight is 310 g/mol. The third-order valence-corrected chi connectivity index (χ3v) is 4.21. The van der Waals surface area contributed by atoms with Crippen LogP contribution in [0.5, 0.6) is 0 Å². The van der Waals surface area contributed by atoms with Crippen molar-refractivity contribution < 1.29 is 14.3 Å². The van der Waals surface area contributed by atoms with Crippen LogP contribution in [0.4, 0.5) is 0 Å². The van der Waals surface area contributed by atoms with Gasteiger partial charge in [0.05, 0.1) is 17.8 Å². The molecule has 0 heterocycles.